The van der Waals surface area contributed by atoms with Gasteiger partial charge in [0.1, 0.15) is 17.3 Å². The van der Waals surface area contributed by atoms with E-state index in [0.717, 1.165) is 11.1 Å². The molecule has 1 aliphatic heterocycles. The SMILES string of the molecule is COc1cc(C)c(/C(O)=C2\C(=O)C(=O)N(c3cc(C)ccc3O)C2c2cccnc2)cc1C(C)C. The molecule has 3 aromatic rings. The van der Waals surface area contributed by atoms with E-state index in [0.29, 0.717) is 22.4 Å². The van der Waals surface area contributed by atoms with E-state index in [1.807, 2.05) is 33.8 Å². The van der Waals surface area contributed by atoms with Crippen LogP contribution in [0.25, 0.3) is 5.76 Å². The fraction of sp³-hybridized carbons (Fsp3) is 0.250. The van der Waals surface area contributed by atoms with Crippen LogP contribution in [0.3, 0.4) is 0 Å². The van der Waals surface area contributed by atoms with Crippen LogP contribution in [0.2, 0.25) is 0 Å². The van der Waals surface area contributed by atoms with Crippen LogP contribution in [0.5, 0.6) is 11.5 Å². The number of carbonyl (C=O) groups excluding carboxylic acids is 2. The van der Waals surface area contributed by atoms with Crippen LogP contribution < -0.4 is 9.64 Å². The maximum absolute atomic E-state index is 13.4. The van der Waals surface area contributed by atoms with Gasteiger partial charge in [-0.3, -0.25) is 19.5 Å². The highest BCUT2D eigenvalue weighted by Crippen LogP contribution is 2.45. The van der Waals surface area contributed by atoms with Crippen molar-refractivity contribution in [3.8, 4) is 11.5 Å². The molecule has 1 saturated heterocycles. The molecule has 7 nitrogen and oxygen atoms in total. The van der Waals surface area contributed by atoms with Gasteiger partial charge in [0, 0.05) is 18.0 Å². The Bertz CT molecular complexity index is 1340. The minimum atomic E-state index is -0.972. The molecule has 0 radical (unpaired) electrons. The van der Waals surface area contributed by atoms with Crippen LogP contribution >= 0.6 is 0 Å². The summed E-state index contributed by atoms with van der Waals surface area (Å²) in [6.45, 7) is 7.65. The molecule has 4 rings (SSSR count). The number of rotatable bonds is 5. The van der Waals surface area contributed by atoms with Crippen molar-refractivity contribution >= 4 is 23.1 Å². The van der Waals surface area contributed by atoms with E-state index in [9.17, 15) is 19.8 Å². The highest BCUT2D eigenvalue weighted by atomic mass is 16.5. The Morgan fingerprint density at radius 3 is 2.49 bits per heavy atom. The highest BCUT2D eigenvalue weighted by Gasteiger charge is 2.48. The summed E-state index contributed by atoms with van der Waals surface area (Å²) in [6.07, 6.45) is 3.13. The summed E-state index contributed by atoms with van der Waals surface area (Å²) in [5, 5.41) is 22.1. The van der Waals surface area contributed by atoms with Crippen LogP contribution in [0.15, 0.2) is 60.4 Å². The number of aliphatic hydroxyl groups is 1. The lowest BCUT2D eigenvalue weighted by Gasteiger charge is -2.26. The summed E-state index contributed by atoms with van der Waals surface area (Å²) < 4.78 is 5.51. The number of amides is 1. The Labute approximate surface area is 204 Å². The smallest absolute Gasteiger partial charge is 0.300 e. The monoisotopic (exact) mass is 472 g/mol. The second-order valence-corrected chi connectivity index (χ2v) is 9.01. The quantitative estimate of drug-likeness (QED) is 0.302. The number of aryl methyl sites for hydroxylation is 2. The van der Waals surface area contributed by atoms with Gasteiger partial charge in [0.25, 0.3) is 11.7 Å². The first-order valence-electron chi connectivity index (χ1n) is 11.3. The van der Waals surface area contributed by atoms with Gasteiger partial charge in [-0.05, 0) is 72.4 Å². The van der Waals surface area contributed by atoms with Crippen molar-refractivity contribution in [2.24, 2.45) is 0 Å². The van der Waals surface area contributed by atoms with E-state index in [-0.39, 0.29) is 28.7 Å². The topological polar surface area (TPSA) is 100.0 Å². The molecule has 0 bridgehead atoms. The van der Waals surface area contributed by atoms with E-state index >= 15 is 0 Å². The van der Waals surface area contributed by atoms with Gasteiger partial charge in [-0.1, -0.05) is 26.0 Å². The molecule has 1 unspecified atom stereocenters. The predicted octanol–water partition coefficient (Wildman–Crippen LogP) is 5.16. The lowest BCUT2D eigenvalue weighted by molar-refractivity contribution is -0.132. The fourth-order valence-corrected chi connectivity index (χ4v) is 4.49. The van der Waals surface area contributed by atoms with Crippen LogP contribution in [-0.4, -0.2) is 34.0 Å². The number of ketones is 1. The number of aromatic nitrogens is 1. The van der Waals surface area contributed by atoms with E-state index in [1.165, 1.54) is 11.0 Å². The lowest BCUT2D eigenvalue weighted by Crippen LogP contribution is -2.29. The van der Waals surface area contributed by atoms with E-state index < -0.39 is 17.7 Å². The maximum atomic E-state index is 13.4. The summed E-state index contributed by atoms with van der Waals surface area (Å²) in [4.78, 5) is 32.1. The van der Waals surface area contributed by atoms with Gasteiger partial charge in [0.15, 0.2) is 0 Å². The average molecular weight is 473 g/mol. The summed E-state index contributed by atoms with van der Waals surface area (Å²) in [5.41, 5.74) is 3.46. The van der Waals surface area contributed by atoms with Crippen molar-refractivity contribution in [1.82, 2.24) is 4.98 Å². The minimum absolute atomic E-state index is 0.0631. The second-order valence-electron chi connectivity index (χ2n) is 9.01. The molecule has 180 valence electrons. The average Bonchev–Trinajstić information content (AvgIpc) is 3.10. The number of hydrogen-bond donors (Lipinski definition) is 2. The number of methoxy groups -OCH3 is 1. The van der Waals surface area contributed by atoms with Crippen molar-refractivity contribution in [3.05, 3.63) is 88.2 Å². The van der Waals surface area contributed by atoms with Gasteiger partial charge < -0.3 is 14.9 Å². The molecule has 2 aromatic carbocycles. The lowest BCUT2D eigenvalue weighted by atomic mass is 9.91. The molecular formula is C28H28N2O5. The zero-order valence-electron chi connectivity index (χ0n) is 20.4. The Kier molecular flexibility index (Phi) is 6.35. The zero-order valence-corrected chi connectivity index (χ0v) is 20.4. The molecule has 1 aliphatic rings. The first-order valence-corrected chi connectivity index (χ1v) is 11.3. The number of phenolic OH excluding ortho intramolecular Hbond substituents is 1. The van der Waals surface area contributed by atoms with Crippen LogP contribution in [0.1, 0.15) is 53.6 Å². The molecule has 1 aromatic heterocycles. The van der Waals surface area contributed by atoms with Crippen molar-refractivity contribution in [3.63, 3.8) is 0 Å². The van der Waals surface area contributed by atoms with Crippen LogP contribution in [-0.2, 0) is 9.59 Å². The summed E-state index contributed by atoms with van der Waals surface area (Å²) in [7, 11) is 1.59. The molecule has 35 heavy (non-hydrogen) atoms. The molecule has 0 saturated carbocycles. The summed E-state index contributed by atoms with van der Waals surface area (Å²) in [6, 6.07) is 10.9. The minimum Gasteiger partial charge on any atom is -0.507 e. The van der Waals surface area contributed by atoms with Crippen molar-refractivity contribution in [1.29, 1.82) is 0 Å². The van der Waals surface area contributed by atoms with E-state index in [4.69, 9.17) is 4.74 Å². The number of aromatic hydroxyl groups is 1. The highest BCUT2D eigenvalue weighted by molar-refractivity contribution is 6.52. The number of hydrogen-bond acceptors (Lipinski definition) is 6. The summed E-state index contributed by atoms with van der Waals surface area (Å²) in [5.74, 6) is -1.32. The Hall–Kier alpha value is -4.13. The largest absolute Gasteiger partial charge is 0.507 e. The first kappa shape index (κ1) is 24.0. The van der Waals surface area contributed by atoms with Crippen molar-refractivity contribution in [2.45, 2.75) is 39.7 Å². The van der Waals surface area contributed by atoms with Crippen LogP contribution in [0, 0.1) is 13.8 Å². The number of benzene rings is 2. The van der Waals surface area contributed by atoms with Gasteiger partial charge in [-0.25, -0.2) is 0 Å². The number of phenols is 1. The Morgan fingerprint density at radius 1 is 1.11 bits per heavy atom. The number of carbonyl (C=O) groups is 2. The second kappa shape index (κ2) is 9.25. The normalized spacial score (nSPS) is 17.3. The third-order valence-electron chi connectivity index (χ3n) is 6.29. The molecular weight excluding hydrogens is 444 g/mol. The van der Waals surface area contributed by atoms with Crippen molar-refractivity contribution < 1.29 is 24.5 Å². The number of anilines is 1. The van der Waals surface area contributed by atoms with Gasteiger partial charge in [0.2, 0.25) is 0 Å². The molecule has 1 fully saturated rings. The third-order valence-corrected chi connectivity index (χ3v) is 6.29. The molecule has 7 heteroatoms. The molecule has 1 atom stereocenters. The molecule has 2 heterocycles. The fourth-order valence-electron chi connectivity index (χ4n) is 4.49. The summed E-state index contributed by atoms with van der Waals surface area (Å²) >= 11 is 0. The maximum Gasteiger partial charge on any atom is 0.300 e. The van der Waals surface area contributed by atoms with Crippen LogP contribution in [0.4, 0.5) is 5.69 Å². The van der Waals surface area contributed by atoms with Gasteiger partial charge in [-0.15, -0.1) is 0 Å². The predicted molar refractivity (Wildman–Crippen MR) is 134 cm³/mol. The number of Topliss-reactive ketones (excluding diaryl/α,β-unsaturated/α-hetero) is 1. The number of ether oxygens (including phenoxy) is 1. The molecule has 1 amide bonds. The van der Waals surface area contributed by atoms with E-state index in [1.54, 1.807) is 49.8 Å². The number of aliphatic hydroxyl groups excluding tert-OH is 1. The molecule has 0 spiro atoms. The number of pyridine rings is 1. The third kappa shape index (κ3) is 4.14. The Morgan fingerprint density at radius 2 is 1.86 bits per heavy atom. The van der Waals surface area contributed by atoms with Crippen molar-refractivity contribution in [2.75, 3.05) is 12.0 Å². The van der Waals surface area contributed by atoms with E-state index in [2.05, 4.69) is 4.98 Å². The van der Waals surface area contributed by atoms with Gasteiger partial charge in [-0.2, -0.15) is 0 Å². The number of nitrogens with zero attached hydrogens (tertiary/aromatic N) is 2. The standard InChI is InChI=1S/C28H28N2O5/c1-15(2)19-13-20(17(4)12-23(19)35-5)26(32)24-25(18-7-6-10-29-14-18)30(28(34)27(24)33)21-11-16(3)8-9-22(21)31/h6-15,25,31-32H,1-5H3/b26-24+. The van der Waals surface area contributed by atoms with Gasteiger partial charge in [0.05, 0.1) is 24.4 Å². The zero-order chi connectivity index (χ0) is 25.4. The molecule has 2 N–H and O–H groups in total. The Balaban J connectivity index is 2.00. The first-order chi connectivity index (χ1) is 16.6. The molecule has 0 aliphatic carbocycles. The van der Waals surface area contributed by atoms with Gasteiger partial charge >= 0.3 is 0 Å².